The Bertz CT molecular complexity index is 408. The standard InChI is InChI=1S/C15H23NO3/c1-17-11-8-9-15(19-3)13(10-11)16-12-6-4-5-7-14(12)18-2/h8-10,12,14,16H,4-7H2,1-3H3/t12-,14+/m1/s1. The van der Waals surface area contributed by atoms with Crippen LogP contribution in [-0.4, -0.2) is 33.5 Å². The van der Waals surface area contributed by atoms with E-state index in [2.05, 4.69) is 5.32 Å². The number of ether oxygens (including phenoxy) is 3. The van der Waals surface area contributed by atoms with Crippen LogP contribution in [0.2, 0.25) is 0 Å². The highest BCUT2D eigenvalue weighted by Crippen LogP contribution is 2.32. The monoisotopic (exact) mass is 265 g/mol. The van der Waals surface area contributed by atoms with E-state index in [0.717, 1.165) is 30.0 Å². The van der Waals surface area contributed by atoms with Crippen molar-refractivity contribution in [1.29, 1.82) is 0 Å². The third-order valence-electron chi connectivity index (χ3n) is 3.75. The highest BCUT2D eigenvalue weighted by Gasteiger charge is 2.25. The van der Waals surface area contributed by atoms with Crippen molar-refractivity contribution >= 4 is 5.69 Å². The first-order valence-electron chi connectivity index (χ1n) is 6.80. The summed E-state index contributed by atoms with van der Waals surface area (Å²) in [4.78, 5) is 0. The number of hydrogen-bond acceptors (Lipinski definition) is 4. The lowest BCUT2D eigenvalue weighted by Crippen LogP contribution is -2.37. The summed E-state index contributed by atoms with van der Waals surface area (Å²) in [5.74, 6) is 1.66. The predicted molar refractivity (Wildman–Crippen MR) is 76.2 cm³/mol. The summed E-state index contributed by atoms with van der Waals surface area (Å²) >= 11 is 0. The molecular formula is C15H23NO3. The Labute approximate surface area is 115 Å². The largest absolute Gasteiger partial charge is 0.497 e. The Morgan fingerprint density at radius 3 is 2.53 bits per heavy atom. The number of nitrogens with one attached hydrogen (secondary N) is 1. The van der Waals surface area contributed by atoms with Gasteiger partial charge in [0.05, 0.1) is 32.1 Å². The predicted octanol–water partition coefficient (Wildman–Crippen LogP) is 3.07. The second-order valence-electron chi connectivity index (χ2n) is 4.88. The number of benzene rings is 1. The van der Waals surface area contributed by atoms with Gasteiger partial charge in [0, 0.05) is 13.2 Å². The molecule has 1 N–H and O–H groups in total. The molecular weight excluding hydrogens is 242 g/mol. The fourth-order valence-electron chi connectivity index (χ4n) is 2.67. The van der Waals surface area contributed by atoms with Gasteiger partial charge in [-0.2, -0.15) is 0 Å². The molecule has 0 aromatic heterocycles. The maximum atomic E-state index is 5.57. The van der Waals surface area contributed by atoms with Crippen molar-refractivity contribution in [2.24, 2.45) is 0 Å². The molecule has 2 atom stereocenters. The van der Waals surface area contributed by atoms with Gasteiger partial charge < -0.3 is 19.5 Å². The third kappa shape index (κ3) is 3.32. The van der Waals surface area contributed by atoms with E-state index in [4.69, 9.17) is 14.2 Å². The van der Waals surface area contributed by atoms with E-state index in [1.54, 1.807) is 21.3 Å². The zero-order chi connectivity index (χ0) is 13.7. The van der Waals surface area contributed by atoms with Gasteiger partial charge in [0.2, 0.25) is 0 Å². The molecule has 19 heavy (non-hydrogen) atoms. The minimum absolute atomic E-state index is 0.268. The van der Waals surface area contributed by atoms with Crippen LogP contribution >= 0.6 is 0 Å². The van der Waals surface area contributed by atoms with E-state index >= 15 is 0 Å². The summed E-state index contributed by atoms with van der Waals surface area (Å²) in [5.41, 5.74) is 0.968. The van der Waals surface area contributed by atoms with Crippen molar-refractivity contribution in [2.45, 2.75) is 37.8 Å². The molecule has 1 aromatic rings. The molecule has 0 heterocycles. The summed E-state index contributed by atoms with van der Waals surface area (Å²) in [6.45, 7) is 0. The molecule has 1 fully saturated rings. The molecule has 0 radical (unpaired) electrons. The molecule has 0 saturated heterocycles. The Balaban J connectivity index is 2.16. The maximum absolute atomic E-state index is 5.57. The molecule has 0 aliphatic heterocycles. The molecule has 0 bridgehead atoms. The Hall–Kier alpha value is -1.42. The van der Waals surface area contributed by atoms with Crippen LogP contribution < -0.4 is 14.8 Å². The smallest absolute Gasteiger partial charge is 0.142 e. The molecule has 1 aliphatic carbocycles. The first-order chi connectivity index (χ1) is 9.28. The molecule has 2 rings (SSSR count). The first kappa shape index (κ1) is 14.0. The zero-order valence-corrected chi connectivity index (χ0v) is 11.9. The van der Waals surface area contributed by atoms with Gasteiger partial charge in [-0.15, -0.1) is 0 Å². The molecule has 0 spiro atoms. The molecule has 0 unspecified atom stereocenters. The van der Waals surface area contributed by atoms with Gasteiger partial charge in [-0.25, -0.2) is 0 Å². The summed E-state index contributed by atoms with van der Waals surface area (Å²) < 4.78 is 16.2. The number of anilines is 1. The summed E-state index contributed by atoms with van der Waals surface area (Å²) in [6, 6.07) is 6.13. The number of rotatable bonds is 5. The van der Waals surface area contributed by atoms with Crippen LogP contribution in [0, 0.1) is 0 Å². The van der Waals surface area contributed by atoms with E-state index in [9.17, 15) is 0 Å². The maximum Gasteiger partial charge on any atom is 0.142 e. The zero-order valence-electron chi connectivity index (χ0n) is 11.9. The minimum atomic E-state index is 0.268. The van der Waals surface area contributed by atoms with E-state index in [1.165, 1.54) is 12.8 Å². The summed E-state index contributed by atoms with van der Waals surface area (Å²) in [6.07, 6.45) is 4.99. The van der Waals surface area contributed by atoms with Gasteiger partial charge in [0.15, 0.2) is 0 Å². The van der Waals surface area contributed by atoms with Crippen LogP contribution in [0.4, 0.5) is 5.69 Å². The Kier molecular flexibility index (Phi) is 4.91. The van der Waals surface area contributed by atoms with Crippen LogP contribution in [-0.2, 0) is 4.74 Å². The van der Waals surface area contributed by atoms with Gasteiger partial charge in [-0.3, -0.25) is 0 Å². The third-order valence-corrected chi connectivity index (χ3v) is 3.75. The molecule has 106 valence electrons. The quantitative estimate of drug-likeness (QED) is 0.888. The molecule has 4 nitrogen and oxygen atoms in total. The van der Waals surface area contributed by atoms with Crippen molar-refractivity contribution < 1.29 is 14.2 Å². The summed E-state index contributed by atoms with van der Waals surface area (Å²) in [7, 11) is 5.14. The average molecular weight is 265 g/mol. The van der Waals surface area contributed by atoms with Gasteiger partial charge in [0.25, 0.3) is 0 Å². The molecule has 4 heteroatoms. The van der Waals surface area contributed by atoms with Gasteiger partial charge in [0.1, 0.15) is 11.5 Å². The topological polar surface area (TPSA) is 39.7 Å². The van der Waals surface area contributed by atoms with Crippen molar-refractivity contribution in [2.75, 3.05) is 26.6 Å². The fourth-order valence-corrected chi connectivity index (χ4v) is 2.67. The van der Waals surface area contributed by atoms with Gasteiger partial charge in [-0.05, 0) is 25.0 Å². The normalized spacial score (nSPS) is 22.9. The number of hydrogen-bond donors (Lipinski definition) is 1. The average Bonchev–Trinajstić information content (AvgIpc) is 2.47. The van der Waals surface area contributed by atoms with Crippen molar-refractivity contribution in [3.8, 4) is 11.5 Å². The fraction of sp³-hybridized carbons (Fsp3) is 0.600. The van der Waals surface area contributed by atoms with Crippen LogP contribution in [0.5, 0.6) is 11.5 Å². The molecule has 0 amide bonds. The van der Waals surface area contributed by atoms with Crippen molar-refractivity contribution in [1.82, 2.24) is 0 Å². The lowest BCUT2D eigenvalue weighted by atomic mass is 9.92. The van der Waals surface area contributed by atoms with Gasteiger partial charge in [-0.1, -0.05) is 12.8 Å². The van der Waals surface area contributed by atoms with Crippen molar-refractivity contribution in [3.63, 3.8) is 0 Å². The molecule has 1 aromatic carbocycles. The van der Waals surface area contributed by atoms with E-state index in [0.29, 0.717) is 6.04 Å². The Morgan fingerprint density at radius 1 is 1.05 bits per heavy atom. The summed E-state index contributed by atoms with van der Waals surface area (Å²) in [5, 5.41) is 3.55. The Morgan fingerprint density at radius 2 is 1.84 bits per heavy atom. The van der Waals surface area contributed by atoms with Crippen molar-refractivity contribution in [3.05, 3.63) is 18.2 Å². The second-order valence-corrected chi connectivity index (χ2v) is 4.88. The van der Waals surface area contributed by atoms with Crippen LogP contribution in [0.3, 0.4) is 0 Å². The highest BCUT2D eigenvalue weighted by molar-refractivity contribution is 5.60. The SMILES string of the molecule is COc1ccc(OC)c(N[C@@H]2CCCC[C@@H]2OC)c1. The molecule has 1 saturated carbocycles. The molecule has 1 aliphatic rings. The van der Waals surface area contributed by atoms with Crippen LogP contribution in [0.15, 0.2) is 18.2 Å². The van der Waals surface area contributed by atoms with Gasteiger partial charge >= 0.3 is 0 Å². The minimum Gasteiger partial charge on any atom is -0.497 e. The van der Waals surface area contributed by atoms with E-state index < -0.39 is 0 Å². The number of methoxy groups -OCH3 is 3. The van der Waals surface area contributed by atoms with Crippen LogP contribution in [0.1, 0.15) is 25.7 Å². The van der Waals surface area contributed by atoms with E-state index in [-0.39, 0.29) is 6.10 Å². The van der Waals surface area contributed by atoms with E-state index in [1.807, 2.05) is 18.2 Å². The highest BCUT2D eigenvalue weighted by atomic mass is 16.5. The lowest BCUT2D eigenvalue weighted by molar-refractivity contribution is 0.0605. The van der Waals surface area contributed by atoms with Crippen LogP contribution in [0.25, 0.3) is 0 Å². The first-order valence-corrected chi connectivity index (χ1v) is 6.80. The lowest BCUT2D eigenvalue weighted by Gasteiger charge is -2.32. The second kappa shape index (κ2) is 6.66.